The molecule has 0 unspecified atom stereocenters. The molecule has 4 heteroatoms. The van der Waals surface area contributed by atoms with Gasteiger partial charge in [-0.25, -0.2) is 4.98 Å². The fourth-order valence-corrected chi connectivity index (χ4v) is 1.45. The summed E-state index contributed by atoms with van der Waals surface area (Å²) in [5.74, 6) is 0.352. The first-order valence-electron chi connectivity index (χ1n) is 5.02. The van der Waals surface area contributed by atoms with E-state index in [-0.39, 0.29) is 0 Å². The van der Waals surface area contributed by atoms with Crippen LogP contribution in [0.5, 0.6) is 5.88 Å². The molecule has 2 rings (SSSR count). The first kappa shape index (κ1) is 11.4. The van der Waals surface area contributed by atoms with Crippen molar-refractivity contribution in [2.75, 3.05) is 0 Å². The number of hydrogen-bond acceptors (Lipinski definition) is 3. The third-order valence-electron chi connectivity index (χ3n) is 2.18. The monoisotopic (exact) mass is 244 g/mol. The molecular weight excluding hydrogens is 236 g/mol. The van der Waals surface area contributed by atoms with Gasteiger partial charge in [0, 0.05) is 11.2 Å². The number of rotatable bonds is 3. The van der Waals surface area contributed by atoms with Crippen LogP contribution in [0.25, 0.3) is 0 Å². The highest BCUT2D eigenvalue weighted by molar-refractivity contribution is 6.30. The van der Waals surface area contributed by atoms with Gasteiger partial charge in [-0.1, -0.05) is 23.7 Å². The molecule has 2 aromatic rings. The zero-order chi connectivity index (χ0) is 12.1. The molecule has 1 aromatic heterocycles. The number of aromatic nitrogens is 1. The highest BCUT2D eigenvalue weighted by atomic mass is 35.5. The molecule has 0 bridgehead atoms. The van der Waals surface area contributed by atoms with Gasteiger partial charge in [-0.05, 0) is 29.8 Å². The van der Waals surface area contributed by atoms with Gasteiger partial charge in [0.25, 0.3) is 0 Å². The Balaban J connectivity index is 2.08. The number of halogens is 1. The lowest BCUT2D eigenvalue weighted by Crippen LogP contribution is -1.98. The van der Waals surface area contributed by atoms with Gasteiger partial charge in [-0.3, -0.25) is 0 Å². The Morgan fingerprint density at radius 2 is 2.00 bits per heavy atom. The molecule has 0 saturated heterocycles. The Bertz CT molecular complexity index is 546. The van der Waals surface area contributed by atoms with Gasteiger partial charge in [0.15, 0.2) is 0 Å². The second kappa shape index (κ2) is 5.33. The fraction of sp³-hybridized carbons (Fsp3) is 0.0769. The largest absolute Gasteiger partial charge is 0.472 e. The lowest BCUT2D eigenvalue weighted by atomic mass is 10.2. The molecule has 1 aromatic carbocycles. The van der Waals surface area contributed by atoms with Crippen molar-refractivity contribution in [2.45, 2.75) is 6.61 Å². The van der Waals surface area contributed by atoms with Crippen molar-refractivity contribution in [3.05, 3.63) is 58.7 Å². The van der Waals surface area contributed by atoms with Gasteiger partial charge in [-0.2, -0.15) is 5.26 Å². The van der Waals surface area contributed by atoms with E-state index < -0.39 is 0 Å². The number of hydrogen-bond donors (Lipinski definition) is 0. The van der Waals surface area contributed by atoms with E-state index in [4.69, 9.17) is 21.6 Å². The second-order valence-corrected chi connectivity index (χ2v) is 3.82. The van der Waals surface area contributed by atoms with Crippen molar-refractivity contribution in [1.82, 2.24) is 4.98 Å². The first-order chi connectivity index (χ1) is 8.29. The summed E-state index contributed by atoms with van der Waals surface area (Å²) in [4.78, 5) is 4.01. The maximum atomic E-state index is 8.86. The molecule has 0 saturated carbocycles. The third-order valence-corrected chi connectivity index (χ3v) is 2.43. The Morgan fingerprint density at radius 1 is 1.24 bits per heavy atom. The van der Waals surface area contributed by atoms with Crippen molar-refractivity contribution in [1.29, 1.82) is 5.26 Å². The minimum Gasteiger partial charge on any atom is -0.472 e. The molecule has 0 N–H and O–H groups in total. The molecule has 0 aliphatic heterocycles. The molecule has 0 amide bonds. The molecule has 84 valence electrons. The van der Waals surface area contributed by atoms with E-state index in [0.29, 0.717) is 23.1 Å². The quantitative estimate of drug-likeness (QED) is 0.833. The summed E-state index contributed by atoms with van der Waals surface area (Å²) in [7, 11) is 0. The zero-order valence-corrected chi connectivity index (χ0v) is 9.69. The normalized spacial score (nSPS) is 9.65. The molecule has 0 spiro atoms. The molecule has 0 aliphatic carbocycles. The van der Waals surface area contributed by atoms with E-state index in [1.54, 1.807) is 30.5 Å². The standard InChI is InChI=1S/C13H9ClN2O/c14-12-5-3-10(4-6-12)9-17-13-11(8-15)2-1-7-16-13/h1-7H,9H2. The zero-order valence-electron chi connectivity index (χ0n) is 8.93. The average Bonchev–Trinajstić information content (AvgIpc) is 2.38. The molecular formula is C13H9ClN2O. The van der Waals surface area contributed by atoms with E-state index in [2.05, 4.69) is 4.98 Å². The van der Waals surface area contributed by atoms with Crippen LogP contribution < -0.4 is 4.74 Å². The lowest BCUT2D eigenvalue weighted by molar-refractivity contribution is 0.293. The third kappa shape index (κ3) is 2.96. The van der Waals surface area contributed by atoms with Crippen molar-refractivity contribution in [3.63, 3.8) is 0 Å². The van der Waals surface area contributed by atoms with Crippen molar-refractivity contribution in [3.8, 4) is 11.9 Å². The Labute approximate surface area is 104 Å². The van der Waals surface area contributed by atoms with Gasteiger partial charge >= 0.3 is 0 Å². The summed E-state index contributed by atoms with van der Waals surface area (Å²) in [6.07, 6.45) is 1.60. The maximum Gasteiger partial charge on any atom is 0.231 e. The summed E-state index contributed by atoms with van der Waals surface area (Å²) >= 11 is 5.78. The molecule has 17 heavy (non-hydrogen) atoms. The summed E-state index contributed by atoms with van der Waals surface area (Å²) in [5, 5.41) is 9.55. The van der Waals surface area contributed by atoms with E-state index in [1.807, 2.05) is 18.2 Å². The molecule has 0 aliphatic rings. The molecule has 0 radical (unpaired) electrons. The number of nitrogens with zero attached hydrogens (tertiary/aromatic N) is 2. The highest BCUT2D eigenvalue weighted by Gasteiger charge is 2.03. The molecule has 3 nitrogen and oxygen atoms in total. The minimum atomic E-state index is 0.352. The van der Waals surface area contributed by atoms with Gasteiger partial charge in [0.1, 0.15) is 18.2 Å². The smallest absolute Gasteiger partial charge is 0.231 e. The van der Waals surface area contributed by atoms with Crippen LogP contribution in [0.2, 0.25) is 5.02 Å². The van der Waals surface area contributed by atoms with Crippen LogP contribution in [0.15, 0.2) is 42.6 Å². The van der Waals surface area contributed by atoms with Crippen LogP contribution in [0.4, 0.5) is 0 Å². The van der Waals surface area contributed by atoms with Crippen LogP contribution in [0.1, 0.15) is 11.1 Å². The summed E-state index contributed by atoms with van der Waals surface area (Å²) in [6.45, 7) is 0.364. The minimum absolute atomic E-state index is 0.352. The lowest BCUT2D eigenvalue weighted by Gasteiger charge is -2.06. The topological polar surface area (TPSA) is 45.9 Å². The van der Waals surface area contributed by atoms with Crippen molar-refractivity contribution in [2.24, 2.45) is 0 Å². The SMILES string of the molecule is N#Cc1cccnc1OCc1ccc(Cl)cc1. The van der Waals surface area contributed by atoms with Crippen LogP contribution in [0, 0.1) is 11.3 Å². The van der Waals surface area contributed by atoms with Gasteiger partial charge < -0.3 is 4.74 Å². The summed E-state index contributed by atoms with van der Waals surface area (Å²) < 4.78 is 5.48. The Hall–Kier alpha value is -2.05. The average molecular weight is 245 g/mol. The van der Waals surface area contributed by atoms with Gasteiger partial charge in [0.2, 0.25) is 5.88 Å². The Morgan fingerprint density at radius 3 is 2.71 bits per heavy atom. The number of ether oxygens (including phenoxy) is 1. The molecule has 0 atom stereocenters. The fourth-order valence-electron chi connectivity index (χ4n) is 1.32. The van der Waals surface area contributed by atoms with Crippen LogP contribution >= 0.6 is 11.6 Å². The Kier molecular flexibility index (Phi) is 3.59. The molecule has 1 heterocycles. The van der Waals surface area contributed by atoms with Gasteiger partial charge in [-0.15, -0.1) is 0 Å². The number of pyridine rings is 1. The van der Waals surface area contributed by atoms with Crippen LogP contribution in [0.3, 0.4) is 0 Å². The van der Waals surface area contributed by atoms with Crippen molar-refractivity contribution >= 4 is 11.6 Å². The van der Waals surface area contributed by atoms with E-state index in [1.165, 1.54) is 0 Å². The van der Waals surface area contributed by atoms with E-state index in [0.717, 1.165) is 5.56 Å². The van der Waals surface area contributed by atoms with E-state index >= 15 is 0 Å². The predicted octanol–water partition coefficient (Wildman–Crippen LogP) is 3.19. The predicted molar refractivity (Wildman–Crippen MR) is 64.7 cm³/mol. The van der Waals surface area contributed by atoms with Crippen LogP contribution in [-0.4, -0.2) is 4.98 Å². The second-order valence-electron chi connectivity index (χ2n) is 3.38. The van der Waals surface area contributed by atoms with Crippen molar-refractivity contribution < 1.29 is 4.74 Å². The first-order valence-corrected chi connectivity index (χ1v) is 5.40. The maximum absolute atomic E-state index is 8.86. The van der Waals surface area contributed by atoms with Gasteiger partial charge in [0.05, 0.1) is 0 Å². The van der Waals surface area contributed by atoms with E-state index in [9.17, 15) is 0 Å². The van der Waals surface area contributed by atoms with Crippen LogP contribution in [-0.2, 0) is 6.61 Å². The molecule has 0 fully saturated rings. The number of benzene rings is 1. The highest BCUT2D eigenvalue weighted by Crippen LogP contribution is 2.15. The summed E-state index contributed by atoms with van der Waals surface area (Å²) in [6, 6.07) is 12.7. The summed E-state index contributed by atoms with van der Waals surface area (Å²) in [5.41, 5.74) is 1.41. The number of nitriles is 1.